The number of aliphatic hydroxyl groups excluding tert-OH is 1. The van der Waals surface area contributed by atoms with E-state index in [1.165, 1.54) is 18.2 Å². The number of hydrogen-bond donors (Lipinski definition) is 2. The summed E-state index contributed by atoms with van der Waals surface area (Å²) in [5.41, 5.74) is 1.63. The summed E-state index contributed by atoms with van der Waals surface area (Å²) in [6.07, 6.45) is -0.205. The van der Waals surface area contributed by atoms with Crippen molar-refractivity contribution in [1.29, 1.82) is 0 Å². The predicted molar refractivity (Wildman–Crippen MR) is 92.3 cm³/mol. The van der Waals surface area contributed by atoms with Gasteiger partial charge in [0.15, 0.2) is 0 Å². The molecule has 0 saturated heterocycles. The van der Waals surface area contributed by atoms with Gasteiger partial charge in [0, 0.05) is 18.0 Å². The maximum absolute atomic E-state index is 12.3. The van der Waals surface area contributed by atoms with Gasteiger partial charge in [-0.05, 0) is 41.5 Å². The Kier molecular flexibility index (Phi) is 5.03. The number of sulfonamides is 1. The molecule has 0 aromatic heterocycles. The predicted octanol–water partition coefficient (Wildman–Crippen LogP) is 2.94. The first-order valence-electron chi connectivity index (χ1n) is 7.25. The number of halogens is 2. The molecule has 2 aromatic carbocycles. The van der Waals surface area contributed by atoms with Crippen LogP contribution in [0.5, 0.6) is 5.75 Å². The molecule has 0 fully saturated rings. The molecule has 0 radical (unpaired) electrons. The SMILES string of the molecule is O=S(=O)(NC[C@H](O)c1ccc2c(c1)CCO2)c1cc(Cl)ccc1Cl. The minimum Gasteiger partial charge on any atom is -0.493 e. The van der Waals surface area contributed by atoms with Gasteiger partial charge in [-0.25, -0.2) is 13.1 Å². The molecule has 24 heavy (non-hydrogen) atoms. The van der Waals surface area contributed by atoms with Crippen molar-refractivity contribution in [1.82, 2.24) is 4.72 Å². The molecule has 2 N–H and O–H groups in total. The fourth-order valence-electron chi connectivity index (χ4n) is 2.48. The van der Waals surface area contributed by atoms with Crippen LogP contribution in [0.2, 0.25) is 10.0 Å². The number of hydrogen-bond acceptors (Lipinski definition) is 4. The molecule has 0 saturated carbocycles. The molecular formula is C16H15Cl2NO4S. The standard InChI is InChI=1S/C16H15Cl2NO4S/c17-12-2-3-13(18)16(8-12)24(21,22)19-9-14(20)10-1-4-15-11(7-10)5-6-23-15/h1-4,7-8,14,19-20H,5-6,9H2/t14-/m0/s1. The monoisotopic (exact) mass is 387 g/mol. The van der Waals surface area contributed by atoms with Crippen LogP contribution in [-0.2, 0) is 16.4 Å². The minimum absolute atomic E-state index is 0.0658. The Morgan fingerprint density at radius 2 is 2.00 bits per heavy atom. The van der Waals surface area contributed by atoms with Crippen molar-refractivity contribution in [2.75, 3.05) is 13.2 Å². The maximum atomic E-state index is 12.3. The normalized spacial score (nSPS) is 15.0. The molecule has 0 spiro atoms. The molecule has 3 rings (SSSR count). The number of aliphatic hydroxyl groups is 1. The quantitative estimate of drug-likeness (QED) is 0.826. The Labute approximate surface area is 150 Å². The average Bonchev–Trinajstić information content (AvgIpc) is 3.02. The first kappa shape index (κ1) is 17.5. The molecule has 8 heteroatoms. The van der Waals surface area contributed by atoms with Gasteiger partial charge >= 0.3 is 0 Å². The molecule has 0 aliphatic carbocycles. The molecule has 5 nitrogen and oxygen atoms in total. The van der Waals surface area contributed by atoms with E-state index in [2.05, 4.69) is 4.72 Å². The van der Waals surface area contributed by atoms with Gasteiger partial charge in [-0.2, -0.15) is 0 Å². The van der Waals surface area contributed by atoms with Gasteiger partial charge in [-0.3, -0.25) is 0 Å². The Bertz CT molecular complexity index is 870. The summed E-state index contributed by atoms with van der Waals surface area (Å²) in [7, 11) is -3.88. The van der Waals surface area contributed by atoms with Crippen LogP contribution < -0.4 is 9.46 Å². The Morgan fingerprint density at radius 1 is 1.21 bits per heavy atom. The van der Waals surface area contributed by atoms with Crippen LogP contribution >= 0.6 is 23.2 Å². The third-order valence-electron chi connectivity index (χ3n) is 3.75. The second kappa shape index (κ2) is 6.90. The van der Waals surface area contributed by atoms with Crippen LogP contribution in [0.4, 0.5) is 0 Å². The highest BCUT2D eigenvalue weighted by Crippen LogP contribution is 2.29. The van der Waals surface area contributed by atoms with E-state index in [1.807, 2.05) is 6.07 Å². The Balaban J connectivity index is 1.73. The molecule has 128 valence electrons. The number of ether oxygens (including phenoxy) is 1. The summed E-state index contributed by atoms with van der Waals surface area (Å²) in [6.45, 7) is 0.444. The van der Waals surface area contributed by atoms with E-state index in [0.717, 1.165) is 17.7 Å². The highest BCUT2D eigenvalue weighted by atomic mass is 35.5. The van der Waals surface area contributed by atoms with Crippen molar-refractivity contribution < 1.29 is 18.3 Å². The second-order valence-electron chi connectivity index (χ2n) is 5.41. The smallest absolute Gasteiger partial charge is 0.242 e. The van der Waals surface area contributed by atoms with Crippen molar-refractivity contribution in [3.63, 3.8) is 0 Å². The van der Waals surface area contributed by atoms with Crippen molar-refractivity contribution in [3.05, 3.63) is 57.6 Å². The van der Waals surface area contributed by atoms with Gasteiger partial charge < -0.3 is 9.84 Å². The van der Waals surface area contributed by atoms with E-state index in [9.17, 15) is 13.5 Å². The molecule has 1 heterocycles. The Morgan fingerprint density at radius 3 is 2.79 bits per heavy atom. The summed E-state index contributed by atoms with van der Waals surface area (Å²) in [5.74, 6) is 0.803. The van der Waals surface area contributed by atoms with Gasteiger partial charge in [-0.1, -0.05) is 29.3 Å². The maximum Gasteiger partial charge on any atom is 0.242 e. The van der Waals surface area contributed by atoms with E-state index >= 15 is 0 Å². The van der Waals surface area contributed by atoms with Crippen LogP contribution in [0, 0.1) is 0 Å². The van der Waals surface area contributed by atoms with E-state index in [0.29, 0.717) is 12.2 Å². The van der Waals surface area contributed by atoms with Crippen LogP contribution in [0.3, 0.4) is 0 Å². The third kappa shape index (κ3) is 3.68. The number of rotatable bonds is 5. The van der Waals surface area contributed by atoms with Gasteiger partial charge in [-0.15, -0.1) is 0 Å². The van der Waals surface area contributed by atoms with Gasteiger partial charge in [0.25, 0.3) is 0 Å². The lowest BCUT2D eigenvalue weighted by atomic mass is 10.0. The second-order valence-corrected chi connectivity index (χ2v) is 7.99. The first-order chi connectivity index (χ1) is 11.4. The van der Waals surface area contributed by atoms with E-state index in [1.54, 1.807) is 12.1 Å². The molecule has 1 aliphatic rings. The highest BCUT2D eigenvalue weighted by Gasteiger charge is 2.21. The fourth-order valence-corrected chi connectivity index (χ4v) is 4.28. The van der Waals surface area contributed by atoms with Crippen molar-refractivity contribution in [3.8, 4) is 5.75 Å². The van der Waals surface area contributed by atoms with Crippen molar-refractivity contribution in [2.45, 2.75) is 17.4 Å². The summed E-state index contributed by atoms with van der Waals surface area (Å²) in [4.78, 5) is -0.119. The topological polar surface area (TPSA) is 75.6 Å². The summed E-state index contributed by atoms with van der Waals surface area (Å²) >= 11 is 11.7. The van der Waals surface area contributed by atoms with Gasteiger partial charge in [0.1, 0.15) is 10.6 Å². The van der Waals surface area contributed by atoms with Crippen LogP contribution in [0.25, 0.3) is 0 Å². The molecule has 0 bridgehead atoms. The van der Waals surface area contributed by atoms with E-state index in [-0.39, 0.29) is 21.5 Å². The molecule has 1 aliphatic heterocycles. The third-order valence-corrected chi connectivity index (χ3v) is 5.89. The molecule has 0 amide bonds. The molecule has 1 atom stereocenters. The molecular weight excluding hydrogens is 373 g/mol. The van der Waals surface area contributed by atoms with E-state index < -0.39 is 16.1 Å². The zero-order valence-electron chi connectivity index (χ0n) is 12.5. The van der Waals surface area contributed by atoms with Crippen molar-refractivity contribution in [2.24, 2.45) is 0 Å². The average molecular weight is 388 g/mol. The minimum atomic E-state index is -3.88. The van der Waals surface area contributed by atoms with Gasteiger partial charge in [0.05, 0.1) is 17.7 Å². The lowest BCUT2D eigenvalue weighted by Gasteiger charge is -2.14. The highest BCUT2D eigenvalue weighted by molar-refractivity contribution is 7.89. The first-order valence-corrected chi connectivity index (χ1v) is 9.49. The van der Waals surface area contributed by atoms with Crippen LogP contribution in [0.1, 0.15) is 17.2 Å². The number of nitrogens with one attached hydrogen (secondary N) is 1. The number of fused-ring (bicyclic) bond motifs is 1. The zero-order valence-corrected chi connectivity index (χ0v) is 14.8. The van der Waals surface area contributed by atoms with E-state index in [4.69, 9.17) is 27.9 Å². The fraction of sp³-hybridized carbons (Fsp3) is 0.250. The summed E-state index contributed by atoms with van der Waals surface area (Å²) in [6, 6.07) is 9.51. The van der Waals surface area contributed by atoms with Gasteiger partial charge in [0.2, 0.25) is 10.0 Å². The largest absolute Gasteiger partial charge is 0.493 e. The lowest BCUT2D eigenvalue weighted by Crippen LogP contribution is -2.28. The van der Waals surface area contributed by atoms with Crippen LogP contribution in [-0.4, -0.2) is 26.7 Å². The van der Waals surface area contributed by atoms with Crippen molar-refractivity contribution >= 4 is 33.2 Å². The molecule has 2 aromatic rings. The zero-order chi connectivity index (χ0) is 17.3. The Hall–Kier alpha value is -1.31. The summed E-state index contributed by atoms with van der Waals surface area (Å²) in [5, 5.41) is 10.6. The number of benzene rings is 2. The molecule has 0 unspecified atom stereocenters. The lowest BCUT2D eigenvalue weighted by molar-refractivity contribution is 0.182. The summed E-state index contributed by atoms with van der Waals surface area (Å²) < 4.78 is 32.5. The van der Waals surface area contributed by atoms with Crippen LogP contribution in [0.15, 0.2) is 41.3 Å².